The fourth-order valence-electron chi connectivity index (χ4n) is 2.80. The molecule has 0 aliphatic heterocycles. The van der Waals surface area contributed by atoms with Crippen molar-refractivity contribution in [1.29, 1.82) is 5.26 Å². The standard InChI is InChI=1S/C20H19N3O/c1-14(2)15-6-5-7-17(10-15)22-20(24)13-23-12-16(11-21)18-8-3-4-9-19(18)23/h3-10,12,14H,13H2,1-2H3,(H,22,24). The van der Waals surface area contributed by atoms with Crippen molar-refractivity contribution in [2.24, 2.45) is 0 Å². The average molecular weight is 317 g/mol. The highest BCUT2D eigenvalue weighted by atomic mass is 16.1. The fourth-order valence-corrected chi connectivity index (χ4v) is 2.80. The number of carbonyl (C=O) groups is 1. The molecule has 0 atom stereocenters. The lowest BCUT2D eigenvalue weighted by atomic mass is 10.0. The molecule has 0 saturated carbocycles. The number of anilines is 1. The summed E-state index contributed by atoms with van der Waals surface area (Å²) in [5.74, 6) is 0.301. The average Bonchev–Trinajstić information content (AvgIpc) is 2.93. The number of fused-ring (bicyclic) bond motifs is 1. The number of amides is 1. The van der Waals surface area contributed by atoms with Crippen molar-refractivity contribution in [2.75, 3.05) is 5.32 Å². The minimum Gasteiger partial charge on any atom is -0.337 e. The van der Waals surface area contributed by atoms with Crippen molar-refractivity contribution in [3.05, 3.63) is 65.9 Å². The van der Waals surface area contributed by atoms with Gasteiger partial charge in [-0.25, -0.2) is 0 Å². The summed E-state index contributed by atoms with van der Waals surface area (Å²) in [7, 11) is 0. The first kappa shape index (κ1) is 15.8. The van der Waals surface area contributed by atoms with E-state index in [0.717, 1.165) is 16.6 Å². The molecule has 24 heavy (non-hydrogen) atoms. The maximum atomic E-state index is 12.4. The van der Waals surface area contributed by atoms with Crippen LogP contribution in [0.5, 0.6) is 0 Å². The second-order valence-corrected chi connectivity index (χ2v) is 6.13. The van der Waals surface area contributed by atoms with E-state index >= 15 is 0 Å². The zero-order valence-corrected chi connectivity index (χ0v) is 13.8. The second kappa shape index (κ2) is 6.59. The number of nitriles is 1. The van der Waals surface area contributed by atoms with Crippen LogP contribution in [-0.2, 0) is 11.3 Å². The molecule has 3 rings (SSSR count). The van der Waals surface area contributed by atoms with E-state index in [4.69, 9.17) is 0 Å². The molecule has 4 heteroatoms. The van der Waals surface area contributed by atoms with Crippen LogP contribution in [0, 0.1) is 11.3 Å². The Kier molecular flexibility index (Phi) is 4.35. The van der Waals surface area contributed by atoms with Crippen LogP contribution in [0.3, 0.4) is 0 Å². The number of nitrogens with one attached hydrogen (secondary N) is 1. The van der Waals surface area contributed by atoms with E-state index in [1.165, 1.54) is 5.56 Å². The third-order valence-electron chi connectivity index (χ3n) is 4.06. The Morgan fingerprint density at radius 2 is 2.00 bits per heavy atom. The molecule has 0 spiro atoms. The van der Waals surface area contributed by atoms with Gasteiger partial charge in [0, 0.05) is 22.8 Å². The molecule has 1 aromatic heterocycles. The highest BCUT2D eigenvalue weighted by Gasteiger charge is 2.11. The normalized spacial score (nSPS) is 10.8. The topological polar surface area (TPSA) is 57.8 Å². The summed E-state index contributed by atoms with van der Waals surface area (Å²) in [5, 5.41) is 13.0. The van der Waals surface area contributed by atoms with Crippen LogP contribution >= 0.6 is 0 Å². The molecule has 4 nitrogen and oxygen atoms in total. The van der Waals surface area contributed by atoms with Crippen LogP contribution < -0.4 is 5.32 Å². The van der Waals surface area contributed by atoms with Crippen LogP contribution in [0.2, 0.25) is 0 Å². The third-order valence-corrected chi connectivity index (χ3v) is 4.06. The molecule has 1 amide bonds. The van der Waals surface area contributed by atoms with Gasteiger partial charge in [0.2, 0.25) is 5.91 Å². The summed E-state index contributed by atoms with van der Waals surface area (Å²) in [4.78, 5) is 12.4. The number of rotatable bonds is 4. The smallest absolute Gasteiger partial charge is 0.244 e. The van der Waals surface area contributed by atoms with Crippen LogP contribution in [0.4, 0.5) is 5.69 Å². The SMILES string of the molecule is CC(C)c1cccc(NC(=O)Cn2cc(C#N)c3ccccc32)c1. The van der Waals surface area contributed by atoms with Gasteiger partial charge in [0.25, 0.3) is 0 Å². The van der Waals surface area contributed by atoms with Crippen molar-refractivity contribution in [2.45, 2.75) is 26.3 Å². The number of carbonyl (C=O) groups excluding carboxylic acids is 1. The van der Waals surface area contributed by atoms with Crippen molar-refractivity contribution in [3.63, 3.8) is 0 Å². The Balaban J connectivity index is 1.81. The van der Waals surface area contributed by atoms with Crippen molar-refractivity contribution < 1.29 is 4.79 Å². The summed E-state index contributed by atoms with van der Waals surface area (Å²) in [6.45, 7) is 4.42. The predicted molar refractivity (Wildman–Crippen MR) is 95.8 cm³/mol. The molecule has 0 fully saturated rings. The Labute approximate surface area is 141 Å². The molecule has 0 unspecified atom stereocenters. The number of hydrogen-bond donors (Lipinski definition) is 1. The van der Waals surface area contributed by atoms with E-state index < -0.39 is 0 Å². The van der Waals surface area contributed by atoms with Gasteiger partial charge in [-0.05, 0) is 29.7 Å². The number of nitrogens with zero attached hydrogens (tertiary/aromatic N) is 2. The van der Waals surface area contributed by atoms with Gasteiger partial charge >= 0.3 is 0 Å². The fraction of sp³-hybridized carbons (Fsp3) is 0.200. The van der Waals surface area contributed by atoms with Gasteiger partial charge in [-0.1, -0.05) is 44.2 Å². The first-order valence-corrected chi connectivity index (χ1v) is 7.96. The summed E-state index contributed by atoms with van der Waals surface area (Å²) >= 11 is 0. The van der Waals surface area contributed by atoms with Gasteiger partial charge in [-0.3, -0.25) is 4.79 Å². The zero-order chi connectivity index (χ0) is 17.1. The van der Waals surface area contributed by atoms with E-state index in [2.05, 4.69) is 31.3 Å². The first-order chi connectivity index (χ1) is 11.6. The number of para-hydroxylation sites is 1. The molecule has 0 saturated heterocycles. The van der Waals surface area contributed by atoms with Crippen molar-refractivity contribution >= 4 is 22.5 Å². The van der Waals surface area contributed by atoms with E-state index in [9.17, 15) is 10.1 Å². The Hall–Kier alpha value is -3.06. The summed E-state index contributed by atoms with van der Waals surface area (Å²) < 4.78 is 1.81. The Morgan fingerprint density at radius 3 is 2.75 bits per heavy atom. The van der Waals surface area contributed by atoms with E-state index in [1.54, 1.807) is 6.20 Å². The van der Waals surface area contributed by atoms with Crippen LogP contribution in [-0.4, -0.2) is 10.5 Å². The third kappa shape index (κ3) is 3.16. The molecule has 0 aliphatic rings. The molecule has 1 heterocycles. The lowest BCUT2D eigenvalue weighted by Gasteiger charge is -2.10. The number of aromatic nitrogens is 1. The molecule has 120 valence electrons. The van der Waals surface area contributed by atoms with Gasteiger partial charge in [-0.2, -0.15) is 5.26 Å². The van der Waals surface area contributed by atoms with Gasteiger partial charge in [0.05, 0.1) is 5.56 Å². The van der Waals surface area contributed by atoms with Crippen LogP contribution in [0.15, 0.2) is 54.7 Å². The minimum atomic E-state index is -0.110. The first-order valence-electron chi connectivity index (χ1n) is 7.96. The van der Waals surface area contributed by atoms with Crippen LogP contribution in [0.25, 0.3) is 10.9 Å². The lowest BCUT2D eigenvalue weighted by Crippen LogP contribution is -2.18. The molecule has 0 aliphatic carbocycles. The molecular formula is C20H19N3O. The quantitative estimate of drug-likeness (QED) is 0.781. The number of hydrogen-bond acceptors (Lipinski definition) is 2. The second-order valence-electron chi connectivity index (χ2n) is 6.13. The molecular weight excluding hydrogens is 298 g/mol. The maximum absolute atomic E-state index is 12.4. The van der Waals surface area contributed by atoms with E-state index in [1.807, 2.05) is 47.0 Å². The highest BCUT2D eigenvalue weighted by Crippen LogP contribution is 2.21. The molecule has 1 N–H and O–H groups in total. The summed E-state index contributed by atoms with van der Waals surface area (Å²) in [5.41, 5.74) is 3.45. The monoisotopic (exact) mass is 317 g/mol. The molecule has 0 bridgehead atoms. The Morgan fingerprint density at radius 1 is 1.21 bits per heavy atom. The minimum absolute atomic E-state index is 0.110. The summed E-state index contributed by atoms with van der Waals surface area (Å²) in [6.07, 6.45) is 1.73. The maximum Gasteiger partial charge on any atom is 0.244 e. The predicted octanol–water partition coefficient (Wildman–Crippen LogP) is 4.28. The van der Waals surface area contributed by atoms with Crippen molar-refractivity contribution in [1.82, 2.24) is 4.57 Å². The van der Waals surface area contributed by atoms with Gasteiger partial charge in [-0.15, -0.1) is 0 Å². The molecule has 2 aromatic carbocycles. The Bertz CT molecular complexity index is 931. The van der Waals surface area contributed by atoms with Crippen molar-refractivity contribution in [3.8, 4) is 6.07 Å². The lowest BCUT2D eigenvalue weighted by molar-refractivity contribution is -0.116. The van der Waals surface area contributed by atoms with Crippen LogP contribution in [0.1, 0.15) is 30.9 Å². The van der Waals surface area contributed by atoms with E-state index in [-0.39, 0.29) is 12.5 Å². The molecule has 0 radical (unpaired) electrons. The largest absolute Gasteiger partial charge is 0.337 e. The van der Waals surface area contributed by atoms with Gasteiger partial charge < -0.3 is 9.88 Å². The van der Waals surface area contributed by atoms with E-state index in [0.29, 0.717) is 11.5 Å². The van der Waals surface area contributed by atoms with Gasteiger partial charge in [0.1, 0.15) is 12.6 Å². The molecule has 3 aromatic rings. The summed E-state index contributed by atoms with van der Waals surface area (Å²) in [6, 6.07) is 17.7. The number of benzene rings is 2. The zero-order valence-electron chi connectivity index (χ0n) is 13.8. The van der Waals surface area contributed by atoms with Gasteiger partial charge in [0.15, 0.2) is 0 Å². The highest BCUT2D eigenvalue weighted by molar-refractivity contribution is 5.93.